The predicted octanol–water partition coefficient (Wildman–Crippen LogP) is 3.45. The molecule has 1 fully saturated rings. The second-order valence-corrected chi connectivity index (χ2v) is 7.83. The van der Waals surface area contributed by atoms with Crippen LogP contribution in [-0.2, 0) is 9.57 Å². The van der Waals surface area contributed by atoms with Crippen molar-refractivity contribution < 1.29 is 19.1 Å². The fraction of sp³-hybridized carbons (Fsp3) is 0.278. The van der Waals surface area contributed by atoms with Crippen LogP contribution in [0.5, 0.6) is 5.06 Å². The van der Waals surface area contributed by atoms with Crippen LogP contribution in [0.3, 0.4) is 0 Å². The normalized spacial score (nSPS) is 18.5. The van der Waals surface area contributed by atoms with Gasteiger partial charge in [-0.25, -0.2) is 4.79 Å². The van der Waals surface area contributed by atoms with E-state index in [1.165, 1.54) is 11.3 Å². The lowest BCUT2D eigenvalue weighted by molar-refractivity contribution is 0.0846. The Morgan fingerprint density at radius 1 is 1.36 bits per heavy atom. The summed E-state index contributed by atoms with van der Waals surface area (Å²) in [7, 11) is 0. The quantitative estimate of drug-likeness (QED) is 0.772. The monoisotopic (exact) mass is 420 g/mol. The molecule has 28 heavy (non-hydrogen) atoms. The summed E-state index contributed by atoms with van der Waals surface area (Å²) in [6, 6.07) is 11.2. The zero-order valence-electron chi connectivity index (χ0n) is 14.7. The highest BCUT2D eigenvalue weighted by Gasteiger charge is 2.24. The smallest absolute Gasteiger partial charge is 0.413 e. The van der Waals surface area contributed by atoms with Gasteiger partial charge in [-0.3, -0.25) is 10.3 Å². The van der Waals surface area contributed by atoms with Crippen LogP contribution < -0.4 is 15.0 Å². The molecular formula is C18H17ClN4O4S. The van der Waals surface area contributed by atoms with E-state index in [1.807, 2.05) is 24.3 Å². The fourth-order valence-corrected chi connectivity index (χ4v) is 3.75. The van der Waals surface area contributed by atoms with Crippen LogP contribution in [0.2, 0.25) is 4.34 Å². The van der Waals surface area contributed by atoms with Crippen molar-refractivity contribution in [2.75, 3.05) is 24.6 Å². The molecule has 146 valence electrons. The number of carbonyl (C=O) groups excluding carboxylic acids is 1. The van der Waals surface area contributed by atoms with Crippen LogP contribution in [0.25, 0.3) is 0 Å². The topological polar surface area (TPSA) is 96.2 Å². The average Bonchev–Trinajstić information content (AvgIpc) is 3.42. The number of rotatable bonds is 5. The van der Waals surface area contributed by atoms with Crippen LogP contribution in [0.1, 0.15) is 12.0 Å². The van der Waals surface area contributed by atoms with Crippen LogP contribution in [0.15, 0.2) is 41.6 Å². The summed E-state index contributed by atoms with van der Waals surface area (Å²) in [6.07, 6.45) is -0.239. The summed E-state index contributed by atoms with van der Waals surface area (Å²) in [5.41, 5.74) is 2.65. The Morgan fingerprint density at radius 2 is 2.18 bits per heavy atom. The number of amides is 1. The lowest BCUT2D eigenvalue weighted by atomic mass is 10.0. The van der Waals surface area contributed by atoms with Gasteiger partial charge in [-0.15, -0.1) is 0 Å². The molecule has 4 rings (SSSR count). The Hall–Kier alpha value is -2.78. The van der Waals surface area contributed by atoms with Gasteiger partial charge in [0.25, 0.3) is 6.02 Å². The van der Waals surface area contributed by atoms with Gasteiger partial charge >= 0.3 is 6.09 Å². The summed E-state index contributed by atoms with van der Waals surface area (Å²) in [5.74, 6) is 0. The van der Waals surface area contributed by atoms with E-state index in [9.17, 15) is 4.79 Å². The fourth-order valence-electron chi connectivity index (χ4n) is 2.88. The van der Waals surface area contributed by atoms with Crippen molar-refractivity contribution in [2.24, 2.45) is 5.16 Å². The molecular weight excluding hydrogens is 404 g/mol. The zero-order chi connectivity index (χ0) is 19.5. The highest BCUT2D eigenvalue weighted by atomic mass is 35.5. The summed E-state index contributed by atoms with van der Waals surface area (Å²) in [6.45, 7) is 1.48. The molecule has 1 saturated heterocycles. The molecule has 3 heterocycles. The number of nitrogens with one attached hydrogen (secondary N) is 2. The molecule has 10 heteroatoms. The zero-order valence-corrected chi connectivity index (χ0v) is 16.3. The van der Waals surface area contributed by atoms with Crippen LogP contribution in [-0.4, -0.2) is 43.6 Å². The summed E-state index contributed by atoms with van der Waals surface area (Å²) >= 11 is 6.99. The summed E-state index contributed by atoms with van der Waals surface area (Å²) < 4.78 is 10.9. The number of thiophene rings is 1. The molecule has 0 radical (unpaired) electrons. The first kappa shape index (κ1) is 18.6. The second kappa shape index (κ2) is 8.07. The van der Waals surface area contributed by atoms with E-state index in [1.54, 1.807) is 17.0 Å². The predicted molar refractivity (Wildman–Crippen MR) is 107 cm³/mol. The molecule has 1 atom stereocenters. The lowest BCUT2D eigenvalue weighted by Crippen LogP contribution is -2.34. The first-order valence-corrected chi connectivity index (χ1v) is 9.81. The lowest BCUT2D eigenvalue weighted by Gasteiger charge is -2.15. The third-order valence-corrected chi connectivity index (χ3v) is 5.37. The Labute approximate surface area is 170 Å². The molecule has 1 aromatic heterocycles. The highest BCUT2D eigenvalue weighted by molar-refractivity contribution is 7.17. The average molecular weight is 421 g/mol. The molecule has 0 spiro atoms. The van der Waals surface area contributed by atoms with Gasteiger partial charge in [0, 0.05) is 12.1 Å². The maximum absolute atomic E-state index is 11.8. The first-order chi connectivity index (χ1) is 13.6. The van der Waals surface area contributed by atoms with Gasteiger partial charge in [-0.2, -0.15) is 0 Å². The molecule has 1 unspecified atom stereocenters. The Balaban J connectivity index is 1.26. The van der Waals surface area contributed by atoms with Crippen molar-refractivity contribution in [3.8, 4) is 5.06 Å². The molecule has 8 nitrogen and oxygen atoms in total. The third-order valence-electron chi connectivity index (χ3n) is 4.26. The van der Waals surface area contributed by atoms with E-state index < -0.39 is 6.09 Å². The van der Waals surface area contributed by atoms with Gasteiger partial charge in [-0.1, -0.05) is 40.2 Å². The SMILES string of the molecule is N=C1OCCN1c1ccc(C2=NOC(CNC(=O)Oc3ccc(Cl)s3)C2)cc1. The third kappa shape index (κ3) is 4.20. The minimum absolute atomic E-state index is 0.164. The number of carbonyl (C=O) groups is 1. The molecule has 2 N–H and O–H groups in total. The van der Waals surface area contributed by atoms with Gasteiger partial charge in [0.1, 0.15) is 6.61 Å². The summed E-state index contributed by atoms with van der Waals surface area (Å²) in [5, 5.41) is 15.0. The minimum atomic E-state index is -0.560. The number of benzene rings is 1. The van der Waals surface area contributed by atoms with Crippen molar-refractivity contribution in [3.05, 3.63) is 46.3 Å². The van der Waals surface area contributed by atoms with Crippen molar-refractivity contribution in [1.29, 1.82) is 5.41 Å². The van der Waals surface area contributed by atoms with Gasteiger partial charge in [0.15, 0.2) is 11.2 Å². The number of ether oxygens (including phenoxy) is 2. The maximum atomic E-state index is 11.8. The van der Waals surface area contributed by atoms with Crippen molar-refractivity contribution in [3.63, 3.8) is 0 Å². The Bertz CT molecular complexity index is 915. The largest absolute Gasteiger partial charge is 0.463 e. The standard InChI is InChI=1S/C18H17ClN4O4S/c19-15-5-6-16(28-15)26-18(24)21-10-13-9-14(22-27-13)11-1-3-12(4-2-11)23-7-8-25-17(23)20/h1-6,13,20H,7-10H2,(H,21,24). The molecule has 2 aliphatic heterocycles. The molecule has 0 saturated carbocycles. The number of nitrogens with zero attached hydrogens (tertiary/aromatic N) is 2. The first-order valence-electron chi connectivity index (χ1n) is 8.61. The van der Waals surface area contributed by atoms with Crippen molar-refractivity contribution in [1.82, 2.24) is 5.32 Å². The number of halogens is 1. The van der Waals surface area contributed by atoms with E-state index >= 15 is 0 Å². The number of anilines is 1. The van der Waals surface area contributed by atoms with E-state index in [-0.39, 0.29) is 18.7 Å². The van der Waals surface area contributed by atoms with Gasteiger partial charge < -0.3 is 19.6 Å². The van der Waals surface area contributed by atoms with E-state index in [4.69, 9.17) is 31.3 Å². The molecule has 2 aromatic rings. The Kier molecular flexibility index (Phi) is 5.36. The van der Waals surface area contributed by atoms with Crippen molar-refractivity contribution in [2.45, 2.75) is 12.5 Å². The number of amidine groups is 1. The number of hydrogen-bond donors (Lipinski definition) is 2. The Morgan fingerprint density at radius 3 is 2.86 bits per heavy atom. The van der Waals surface area contributed by atoms with E-state index in [2.05, 4.69) is 10.5 Å². The molecule has 1 amide bonds. The van der Waals surface area contributed by atoms with E-state index in [0.29, 0.717) is 29.0 Å². The summed E-state index contributed by atoms with van der Waals surface area (Å²) in [4.78, 5) is 19.0. The van der Waals surface area contributed by atoms with Crippen LogP contribution in [0.4, 0.5) is 10.5 Å². The molecule has 0 bridgehead atoms. The van der Waals surface area contributed by atoms with E-state index in [0.717, 1.165) is 17.0 Å². The van der Waals surface area contributed by atoms with Gasteiger partial charge in [0.2, 0.25) is 0 Å². The van der Waals surface area contributed by atoms with Crippen molar-refractivity contribution >= 4 is 46.5 Å². The van der Waals surface area contributed by atoms with Crippen LogP contribution in [0, 0.1) is 5.41 Å². The second-order valence-electron chi connectivity index (χ2n) is 6.15. The molecule has 2 aliphatic rings. The molecule has 1 aromatic carbocycles. The number of oxime groups is 1. The van der Waals surface area contributed by atoms with Gasteiger partial charge in [-0.05, 0) is 29.8 Å². The van der Waals surface area contributed by atoms with Gasteiger partial charge in [0.05, 0.1) is 23.1 Å². The minimum Gasteiger partial charge on any atom is -0.463 e. The maximum Gasteiger partial charge on any atom is 0.413 e. The number of hydrogen-bond acceptors (Lipinski definition) is 7. The van der Waals surface area contributed by atoms with Crippen LogP contribution >= 0.6 is 22.9 Å². The molecule has 0 aliphatic carbocycles. The highest BCUT2D eigenvalue weighted by Crippen LogP contribution is 2.28.